The van der Waals surface area contributed by atoms with Crippen molar-refractivity contribution >= 4 is 10.9 Å². The molecule has 3 heteroatoms. The van der Waals surface area contributed by atoms with Gasteiger partial charge in [0.05, 0.1) is 7.11 Å². The Bertz CT molecular complexity index is 540. The van der Waals surface area contributed by atoms with Crippen molar-refractivity contribution < 1.29 is 4.74 Å². The molecule has 0 aliphatic heterocycles. The van der Waals surface area contributed by atoms with Crippen molar-refractivity contribution in [2.75, 3.05) is 13.7 Å². The third-order valence-electron chi connectivity index (χ3n) is 3.44. The fourth-order valence-corrected chi connectivity index (χ4v) is 2.17. The van der Waals surface area contributed by atoms with Gasteiger partial charge >= 0.3 is 0 Å². The van der Waals surface area contributed by atoms with Gasteiger partial charge in [0.25, 0.3) is 0 Å². The molecule has 3 N–H and O–H groups in total. The first-order valence-electron chi connectivity index (χ1n) is 5.86. The molecule has 2 rings (SSSR count). The maximum absolute atomic E-state index is 5.85. The van der Waals surface area contributed by atoms with Crippen LogP contribution in [0.2, 0.25) is 0 Å². The van der Waals surface area contributed by atoms with Crippen LogP contribution in [0.25, 0.3) is 10.9 Å². The molecule has 0 radical (unpaired) electrons. The Morgan fingerprint density at radius 1 is 1.35 bits per heavy atom. The van der Waals surface area contributed by atoms with Gasteiger partial charge in [0.1, 0.15) is 5.75 Å². The molecule has 0 aliphatic rings. The summed E-state index contributed by atoms with van der Waals surface area (Å²) in [5.41, 5.74) is 9.43. The molecule has 0 saturated heterocycles. The molecule has 92 valence electrons. The van der Waals surface area contributed by atoms with Crippen LogP contribution in [0, 0.1) is 6.92 Å². The van der Waals surface area contributed by atoms with Crippen LogP contribution >= 0.6 is 0 Å². The van der Waals surface area contributed by atoms with E-state index in [2.05, 4.69) is 38.0 Å². The van der Waals surface area contributed by atoms with Gasteiger partial charge < -0.3 is 15.5 Å². The standard InChI is InChI=1S/C14H20N2O/c1-9-5-10(17-4)6-11-12(7-16-13(9)11)14(2,3)8-15/h5-7,16H,8,15H2,1-4H3. The van der Waals surface area contributed by atoms with Gasteiger partial charge in [-0.1, -0.05) is 13.8 Å². The number of ether oxygens (including phenoxy) is 1. The second-order valence-corrected chi connectivity index (χ2v) is 5.16. The lowest BCUT2D eigenvalue weighted by Gasteiger charge is -2.22. The second-order valence-electron chi connectivity index (χ2n) is 5.16. The lowest BCUT2D eigenvalue weighted by atomic mass is 9.84. The van der Waals surface area contributed by atoms with Gasteiger partial charge in [-0.15, -0.1) is 0 Å². The highest BCUT2D eigenvalue weighted by Crippen LogP contribution is 2.33. The van der Waals surface area contributed by atoms with E-state index in [0.29, 0.717) is 6.54 Å². The molecular formula is C14H20N2O. The zero-order valence-electron chi connectivity index (χ0n) is 10.9. The van der Waals surface area contributed by atoms with Crippen LogP contribution in [0.1, 0.15) is 25.0 Å². The molecule has 0 unspecified atom stereocenters. The molecule has 0 atom stereocenters. The Labute approximate surface area is 102 Å². The molecule has 17 heavy (non-hydrogen) atoms. The minimum absolute atomic E-state index is 0.0307. The normalized spacial score (nSPS) is 12.1. The van der Waals surface area contributed by atoms with Gasteiger partial charge in [0.15, 0.2) is 0 Å². The maximum Gasteiger partial charge on any atom is 0.119 e. The average Bonchev–Trinajstić information content (AvgIpc) is 2.73. The summed E-state index contributed by atoms with van der Waals surface area (Å²) >= 11 is 0. The maximum atomic E-state index is 5.85. The molecule has 0 fully saturated rings. The largest absolute Gasteiger partial charge is 0.497 e. The molecule has 0 bridgehead atoms. The van der Waals surface area contributed by atoms with Gasteiger partial charge in [-0.3, -0.25) is 0 Å². The van der Waals surface area contributed by atoms with E-state index in [1.807, 2.05) is 6.07 Å². The number of aryl methyl sites for hydroxylation is 1. The van der Waals surface area contributed by atoms with E-state index in [1.165, 1.54) is 22.0 Å². The average molecular weight is 232 g/mol. The van der Waals surface area contributed by atoms with E-state index in [4.69, 9.17) is 10.5 Å². The Balaban J connectivity index is 2.71. The summed E-state index contributed by atoms with van der Waals surface area (Å²) in [7, 11) is 1.70. The van der Waals surface area contributed by atoms with E-state index in [0.717, 1.165) is 5.75 Å². The number of aromatic amines is 1. The van der Waals surface area contributed by atoms with Crippen LogP contribution in [-0.2, 0) is 5.41 Å². The second kappa shape index (κ2) is 4.08. The first-order valence-corrected chi connectivity index (χ1v) is 5.86. The van der Waals surface area contributed by atoms with Crippen LogP contribution in [0.15, 0.2) is 18.3 Å². The molecule has 0 saturated carbocycles. The first-order chi connectivity index (χ1) is 7.99. The van der Waals surface area contributed by atoms with Crippen molar-refractivity contribution in [1.82, 2.24) is 4.98 Å². The number of nitrogens with one attached hydrogen (secondary N) is 1. The van der Waals surface area contributed by atoms with Crippen molar-refractivity contribution in [3.8, 4) is 5.75 Å². The lowest BCUT2D eigenvalue weighted by molar-refractivity contribution is 0.415. The highest BCUT2D eigenvalue weighted by atomic mass is 16.5. The van der Waals surface area contributed by atoms with Gasteiger partial charge in [-0.2, -0.15) is 0 Å². The number of H-pyrrole nitrogens is 1. The van der Waals surface area contributed by atoms with E-state index >= 15 is 0 Å². The fourth-order valence-electron chi connectivity index (χ4n) is 2.17. The number of rotatable bonds is 3. The predicted octanol–water partition coefficient (Wildman–Crippen LogP) is 2.72. The Morgan fingerprint density at radius 2 is 2.06 bits per heavy atom. The summed E-state index contributed by atoms with van der Waals surface area (Å²) in [5.74, 6) is 0.892. The number of aromatic nitrogens is 1. The molecule has 2 aromatic rings. The highest BCUT2D eigenvalue weighted by Gasteiger charge is 2.23. The molecule has 0 amide bonds. The minimum Gasteiger partial charge on any atom is -0.497 e. The van der Waals surface area contributed by atoms with E-state index in [1.54, 1.807) is 7.11 Å². The van der Waals surface area contributed by atoms with Crippen molar-refractivity contribution in [2.45, 2.75) is 26.2 Å². The summed E-state index contributed by atoms with van der Waals surface area (Å²) in [6, 6.07) is 4.11. The smallest absolute Gasteiger partial charge is 0.119 e. The summed E-state index contributed by atoms with van der Waals surface area (Å²) in [4.78, 5) is 3.34. The van der Waals surface area contributed by atoms with Crippen LogP contribution < -0.4 is 10.5 Å². The Morgan fingerprint density at radius 3 is 2.65 bits per heavy atom. The van der Waals surface area contributed by atoms with E-state index in [-0.39, 0.29) is 5.41 Å². The third-order valence-corrected chi connectivity index (χ3v) is 3.44. The Kier molecular flexibility index (Phi) is 2.87. The predicted molar refractivity (Wildman–Crippen MR) is 71.7 cm³/mol. The van der Waals surface area contributed by atoms with Crippen molar-refractivity contribution in [2.24, 2.45) is 5.73 Å². The van der Waals surface area contributed by atoms with Crippen LogP contribution in [-0.4, -0.2) is 18.6 Å². The molecule has 1 heterocycles. The van der Waals surface area contributed by atoms with Crippen molar-refractivity contribution in [3.63, 3.8) is 0 Å². The summed E-state index contributed by atoms with van der Waals surface area (Å²) in [6.45, 7) is 7.02. The molecule has 1 aromatic carbocycles. The zero-order valence-corrected chi connectivity index (χ0v) is 10.9. The van der Waals surface area contributed by atoms with E-state index < -0.39 is 0 Å². The lowest BCUT2D eigenvalue weighted by Crippen LogP contribution is -2.27. The number of nitrogens with two attached hydrogens (primary N) is 1. The number of methoxy groups -OCH3 is 1. The van der Waals surface area contributed by atoms with Crippen molar-refractivity contribution in [3.05, 3.63) is 29.5 Å². The number of fused-ring (bicyclic) bond motifs is 1. The molecule has 3 nitrogen and oxygen atoms in total. The number of benzene rings is 1. The monoisotopic (exact) mass is 232 g/mol. The van der Waals surface area contributed by atoms with Gasteiger partial charge in [0.2, 0.25) is 0 Å². The highest BCUT2D eigenvalue weighted by molar-refractivity contribution is 5.88. The summed E-state index contributed by atoms with van der Waals surface area (Å²) in [6.07, 6.45) is 2.06. The SMILES string of the molecule is COc1cc(C)c2[nH]cc(C(C)(C)CN)c2c1. The topological polar surface area (TPSA) is 51.0 Å². The third kappa shape index (κ3) is 1.91. The molecule has 0 spiro atoms. The van der Waals surface area contributed by atoms with Crippen LogP contribution in [0.4, 0.5) is 0 Å². The van der Waals surface area contributed by atoms with Gasteiger partial charge in [0, 0.05) is 29.1 Å². The summed E-state index contributed by atoms with van der Waals surface area (Å²) in [5, 5.41) is 1.21. The fraction of sp³-hybridized carbons (Fsp3) is 0.429. The Hall–Kier alpha value is -1.48. The van der Waals surface area contributed by atoms with Gasteiger partial charge in [-0.05, 0) is 30.2 Å². The molecule has 1 aromatic heterocycles. The van der Waals surface area contributed by atoms with Crippen LogP contribution in [0.5, 0.6) is 5.75 Å². The number of hydrogen-bond donors (Lipinski definition) is 2. The quantitative estimate of drug-likeness (QED) is 0.855. The zero-order chi connectivity index (χ0) is 12.6. The van der Waals surface area contributed by atoms with Crippen LogP contribution in [0.3, 0.4) is 0 Å². The number of hydrogen-bond acceptors (Lipinski definition) is 2. The molecule has 0 aliphatic carbocycles. The first kappa shape index (κ1) is 12.0. The van der Waals surface area contributed by atoms with E-state index in [9.17, 15) is 0 Å². The van der Waals surface area contributed by atoms with Crippen molar-refractivity contribution in [1.29, 1.82) is 0 Å². The molecular weight excluding hydrogens is 212 g/mol. The van der Waals surface area contributed by atoms with Gasteiger partial charge in [-0.25, -0.2) is 0 Å². The summed E-state index contributed by atoms with van der Waals surface area (Å²) < 4.78 is 5.33. The minimum atomic E-state index is -0.0307.